The Bertz CT molecular complexity index is 1030. The van der Waals surface area contributed by atoms with Crippen LogP contribution in [0.15, 0.2) is 54.6 Å². The van der Waals surface area contributed by atoms with Crippen molar-refractivity contribution < 1.29 is 9.59 Å². The number of imidazole rings is 1. The van der Waals surface area contributed by atoms with Crippen LogP contribution in [0.3, 0.4) is 0 Å². The summed E-state index contributed by atoms with van der Waals surface area (Å²) >= 11 is 0. The predicted octanol–water partition coefficient (Wildman–Crippen LogP) is 3.60. The van der Waals surface area contributed by atoms with E-state index in [1.165, 1.54) is 0 Å². The molecular formula is C23H26N4O2. The number of rotatable bonds is 6. The number of para-hydroxylation sites is 2. The SMILES string of the molecule is CCCNC(=O)C[C@@H]1C(=O)N(Cc2ccccc2)[C@@H](C)c2nc3ccccc3n21. The largest absolute Gasteiger partial charge is 0.356 e. The van der Waals surface area contributed by atoms with E-state index in [9.17, 15) is 9.59 Å². The van der Waals surface area contributed by atoms with Gasteiger partial charge in [0.05, 0.1) is 23.5 Å². The molecule has 0 fully saturated rings. The Hall–Kier alpha value is -3.15. The van der Waals surface area contributed by atoms with Gasteiger partial charge in [0.25, 0.3) is 0 Å². The number of hydrogen-bond acceptors (Lipinski definition) is 3. The van der Waals surface area contributed by atoms with Crippen LogP contribution in [0.1, 0.15) is 50.2 Å². The van der Waals surface area contributed by atoms with Crippen molar-refractivity contribution in [2.24, 2.45) is 0 Å². The summed E-state index contributed by atoms with van der Waals surface area (Å²) in [7, 11) is 0. The molecule has 2 heterocycles. The minimum atomic E-state index is -0.589. The molecule has 1 aliphatic rings. The fraction of sp³-hybridized carbons (Fsp3) is 0.348. The van der Waals surface area contributed by atoms with Gasteiger partial charge in [0.1, 0.15) is 11.9 Å². The molecule has 6 nitrogen and oxygen atoms in total. The Balaban J connectivity index is 1.74. The highest BCUT2D eigenvalue weighted by Crippen LogP contribution is 2.37. The summed E-state index contributed by atoms with van der Waals surface area (Å²) in [6.45, 7) is 5.13. The van der Waals surface area contributed by atoms with E-state index in [-0.39, 0.29) is 24.3 Å². The molecule has 0 unspecified atom stereocenters. The molecule has 0 aliphatic carbocycles. The maximum atomic E-state index is 13.6. The fourth-order valence-electron chi connectivity index (χ4n) is 4.00. The second-order valence-electron chi connectivity index (χ2n) is 7.53. The molecule has 0 spiro atoms. The van der Waals surface area contributed by atoms with E-state index in [0.717, 1.165) is 28.8 Å². The monoisotopic (exact) mass is 390 g/mol. The van der Waals surface area contributed by atoms with Gasteiger partial charge in [-0.2, -0.15) is 0 Å². The second kappa shape index (κ2) is 8.07. The number of fused-ring (bicyclic) bond motifs is 3. The number of nitrogens with one attached hydrogen (secondary N) is 1. The smallest absolute Gasteiger partial charge is 0.247 e. The summed E-state index contributed by atoms with van der Waals surface area (Å²) in [5.74, 6) is 0.682. The van der Waals surface area contributed by atoms with Crippen molar-refractivity contribution in [3.63, 3.8) is 0 Å². The molecule has 2 aromatic carbocycles. The molecule has 0 saturated carbocycles. The quantitative estimate of drug-likeness (QED) is 0.699. The summed E-state index contributed by atoms with van der Waals surface area (Å²) in [5, 5.41) is 2.90. The van der Waals surface area contributed by atoms with E-state index in [4.69, 9.17) is 4.98 Å². The van der Waals surface area contributed by atoms with Gasteiger partial charge in [-0.25, -0.2) is 4.98 Å². The molecule has 0 bridgehead atoms. The van der Waals surface area contributed by atoms with Gasteiger partial charge in [-0.1, -0.05) is 49.4 Å². The highest BCUT2D eigenvalue weighted by Gasteiger charge is 2.40. The van der Waals surface area contributed by atoms with Crippen LogP contribution in [0.5, 0.6) is 0 Å². The van der Waals surface area contributed by atoms with Crippen LogP contribution >= 0.6 is 0 Å². The summed E-state index contributed by atoms with van der Waals surface area (Å²) in [6.07, 6.45) is 0.977. The van der Waals surface area contributed by atoms with Crippen LogP contribution < -0.4 is 5.32 Å². The first-order chi connectivity index (χ1) is 14.1. The Morgan fingerprint density at radius 1 is 1.10 bits per heavy atom. The van der Waals surface area contributed by atoms with Crippen molar-refractivity contribution in [2.75, 3.05) is 6.54 Å². The number of benzene rings is 2. The van der Waals surface area contributed by atoms with Crippen molar-refractivity contribution >= 4 is 22.8 Å². The molecular weight excluding hydrogens is 364 g/mol. The zero-order valence-corrected chi connectivity index (χ0v) is 16.8. The average Bonchev–Trinajstić information content (AvgIpc) is 3.13. The molecule has 2 atom stereocenters. The Morgan fingerprint density at radius 2 is 1.83 bits per heavy atom. The number of hydrogen-bond donors (Lipinski definition) is 1. The summed E-state index contributed by atoms with van der Waals surface area (Å²) in [4.78, 5) is 32.7. The number of amides is 2. The van der Waals surface area contributed by atoms with Gasteiger partial charge in [-0.3, -0.25) is 9.59 Å². The van der Waals surface area contributed by atoms with Gasteiger partial charge in [0, 0.05) is 13.1 Å². The van der Waals surface area contributed by atoms with Crippen molar-refractivity contribution in [2.45, 2.75) is 45.3 Å². The topological polar surface area (TPSA) is 67.2 Å². The van der Waals surface area contributed by atoms with Crippen LogP contribution in [0.25, 0.3) is 11.0 Å². The molecule has 6 heteroatoms. The van der Waals surface area contributed by atoms with Gasteiger partial charge in [-0.05, 0) is 31.0 Å². The lowest BCUT2D eigenvalue weighted by Gasteiger charge is -2.38. The van der Waals surface area contributed by atoms with Gasteiger partial charge >= 0.3 is 0 Å². The first-order valence-corrected chi connectivity index (χ1v) is 10.2. The first kappa shape index (κ1) is 19.2. The predicted molar refractivity (Wildman–Crippen MR) is 112 cm³/mol. The van der Waals surface area contributed by atoms with Crippen LogP contribution in [0, 0.1) is 0 Å². The average molecular weight is 390 g/mol. The number of carbonyl (C=O) groups is 2. The van der Waals surface area contributed by atoms with Gasteiger partial charge in [0.2, 0.25) is 11.8 Å². The van der Waals surface area contributed by atoms with E-state index in [1.54, 1.807) is 0 Å². The second-order valence-corrected chi connectivity index (χ2v) is 7.53. The molecule has 2 amide bonds. The molecule has 3 aromatic rings. The van der Waals surface area contributed by atoms with E-state index in [1.807, 2.05) is 77.9 Å². The Labute approximate surface area is 170 Å². The highest BCUT2D eigenvalue weighted by molar-refractivity contribution is 5.90. The lowest BCUT2D eigenvalue weighted by molar-refractivity contribution is -0.142. The van der Waals surface area contributed by atoms with Gasteiger partial charge < -0.3 is 14.8 Å². The van der Waals surface area contributed by atoms with Crippen molar-refractivity contribution in [1.82, 2.24) is 19.8 Å². The maximum absolute atomic E-state index is 13.6. The Kier molecular flexibility index (Phi) is 5.34. The number of nitrogens with zero attached hydrogens (tertiary/aromatic N) is 3. The lowest BCUT2D eigenvalue weighted by Crippen LogP contribution is -2.46. The lowest BCUT2D eigenvalue weighted by atomic mass is 10.0. The van der Waals surface area contributed by atoms with E-state index < -0.39 is 6.04 Å². The number of aromatic nitrogens is 2. The minimum absolute atomic E-state index is 0.0383. The standard InChI is InChI=1S/C23H26N4O2/c1-3-13-24-21(28)14-20-23(29)26(15-17-9-5-4-6-10-17)16(2)22-25-18-11-7-8-12-19(18)27(20)22/h4-12,16,20H,3,13-15H2,1-2H3,(H,24,28)/t16-,20+/m0/s1. The van der Waals surface area contributed by atoms with E-state index in [0.29, 0.717) is 13.1 Å². The summed E-state index contributed by atoms with van der Waals surface area (Å²) < 4.78 is 1.97. The van der Waals surface area contributed by atoms with Crippen LogP contribution in [-0.2, 0) is 16.1 Å². The molecule has 0 saturated heterocycles. The summed E-state index contributed by atoms with van der Waals surface area (Å²) in [6, 6.07) is 17.0. The third kappa shape index (κ3) is 3.62. The molecule has 0 radical (unpaired) electrons. The van der Waals surface area contributed by atoms with Gasteiger partial charge in [-0.15, -0.1) is 0 Å². The van der Waals surface area contributed by atoms with E-state index >= 15 is 0 Å². The third-order valence-corrected chi connectivity index (χ3v) is 5.49. The molecule has 29 heavy (non-hydrogen) atoms. The fourth-order valence-corrected chi connectivity index (χ4v) is 4.00. The molecule has 1 N–H and O–H groups in total. The van der Waals surface area contributed by atoms with Crippen LogP contribution in [-0.4, -0.2) is 32.8 Å². The Morgan fingerprint density at radius 3 is 2.59 bits per heavy atom. The van der Waals surface area contributed by atoms with Crippen LogP contribution in [0.4, 0.5) is 0 Å². The van der Waals surface area contributed by atoms with Crippen molar-refractivity contribution in [3.8, 4) is 0 Å². The normalized spacial score (nSPS) is 18.7. The zero-order chi connectivity index (χ0) is 20.4. The minimum Gasteiger partial charge on any atom is -0.356 e. The number of carbonyl (C=O) groups excluding carboxylic acids is 2. The summed E-state index contributed by atoms with van der Waals surface area (Å²) in [5.41, 5.74) is 2.81. The first-order valence-electron chi connectivity index (χ1n) is 10.2. The van der Waals surface area contributed by atoms with Gasteiger partial charge in [0.15, 0.2) is 0 Å². The van der Waals surface area contributed by atoms with Crippen LogP contribution in [0.2, 0.25) is 0 Å². The maximum Gasteiger partial charge on any atom is 0.247 e. The molecule has 1 aliphatic heterocycles. The van der Waals surface area contributed by atoms with Crippen molar-refractivity contribution in [3.05, 3.63) is 66.0 Å². The molecule has 4 rings (SSSR count). The zero-order valence-electron chi connectivity index (χ0n) is 16.8. The van der Waals surface area contributed by atoms with Crippen molar-refractivity contribution in [1.29, 1.82) is 0 Å². The highest BCUT2D eigenvalue weighted by atomic mass is 16.2. The third-order valence-electron chi connectivity index (χ3n) is 5.49. The molecule has 1 aromatic heterocycles. The van der Waals surface area contributed by atoms with E-state index in [2.05, 4.69) is 5.32 Å². The molecule has 150 valence electrons.